The molecule has 0 aromatic heterocycles. The molecule has 0 heterocycles. The molecule has 6 nitrogen and oxygen atoms in total. The van der Waals surface area contributed by atoms with Gasteiger partial charge in [-0.3, -0.25) is 10.1 Å². The summed E-state index contributed by atoms with van der Waals surface area (Å²) in [5, 5.41) is 10.8. The van der Waals surface area contributed by atoms with E-state index in [2.05, 4.69) is 6.58 Å². The predicted octanol–water partition coefficient (Wildman–Crippen LogP) is 1.93. The van der Waals surface area contributed by atoms with E-state index in [9.17, 15) is 22.9 Å². The van der Waals surface area contributed by atoms with Crippen molar-refractivity contribution >= 4 is 15.7 Å². The summed E-state index contributed by atoms with van der Waals surface area (Å²) in [5.74, 6) is -1.18. The molecule has 19 heavy (non-hydrogen) atoms. The minimum atomic E-state index is -4.13. The number of rotatable bonds is 6. The van der Waals surface area contributed by atoms with Gasteiger partial charge in [0.1, 0.15) is 0 Å². The average Bonchev–Trinajstić information content (AvgIpc) is 2.34. The minimum absolute atomic E-state index is 0.00744. The van der Waals surface area contributed by atoms with Crippen molar-refractivity contribution in [2.75, 3.05) is 13.1 Å². The minimum Gasteiger partial charge on any atom is -0.258 e. The third-order valence-electron chi connectivity index (χ3n) is 2.44. The first kappa shape index (κ1) is 15.3. The number of hydrogen-bond donors (Lipinski definition) is 0. The van der Waals surface area contributed by atoms with E-state index >= 15 is 0 Å². The highest BCUT2D eigenvalue weighted by molar-refractivity contribution is 7.89. The van der Waals surface area contributed by atoms with Crippen LogP contribution in [0.2, 0.25) is 0 Å². The Morgan fingerprint density at radius 1 is 1.53 bits per heavy atom. The molecular formula is C11H13FN2O4S. The number of halogens is 1. The largest absolute Gasteiger partial charge is 0.324 e. The molecule has 0 bridgehead atoms. The summed E-state index contributed by atoms with van der Waals surface area (Å²) >= 11 is 0. The summed E-state index contributed by atoms with van der Waals surface area (Å²) in [7, 11) is -4.13. The van der Waals surface area contributed by atoms with Gasteiger partial charge in [0, 0.05) is 13.1 Å². The van der Waals surface area contributed by atoms with Gasteiger partial charge in [0.25, 0.3) is 0 Å². The first-order valence-corrected chi connectivity index (χ1v) is 6.84. The molecular weight excluding hydrogens is 275 g/mol. The van der Waals surface area contributed by atoms with Crippen molar-refractivity contribution in [2.24, 2.45) is 0 Å². The number of nitro benzene ring substituents is 1. The van der Waals surface area contributed by atoms with Gasteiger partial charge in [-0.1, -0.05) is 19.1 Å². The van der Waals surface area contributed by atoms with Crippen LogP contribution in [0, 0.1) is 15.9 Å². The smallest absolute Gasteiger partial charge is 0.258 e. The summed E-state index contributed by atoms with van der Waals surface area (Å²) in [6.07, 6.45) is 1.35. The lowest BCUT2D eigenvalue weighted by Crippen LogP contribution is -2.31. The Hall–Kier alpha value is -1.80. The van der Waals surface area contributed by atoms with Gasteiger partial charge in [-0.2, -0.15) is 8.70 Å². The van der Waals surface area contributed by atoms with Gasteiger partial charge < -0.3 is 0 Å². The quantitative estimate of drug-likeness (QED) is 0.455. The Labute approximate surface area is 110 Å². The fourth-order valence-electron chi connectivity index (χ4n) is 1.56. The number of sulfonamides is 1. The standard InChI is InChI=1S/C11H13FN2O4S/c1-3-8-13(4-2)19(17,18)10-7-5-6-9(12)11(10)14(15)16/h3,5-7H,1,4,8H2,2H3. The molecule has 0 N–H and O–H groups in total. The number of benzene rings is 1. The van der Waals surface area contributed by atoms with E-state index in [4.69, 9.17) is 0 Å². The Bertz CT molecular complexity index is 601. The van der Waals surface area contributed by atoms with E-state index in [1.807, 2.05) is 0 Å². The SMILES string of the molecule is C=CCN(CC)S(=O)(=O)c1cccc(F)c1[N+](=O)[O-]. The first-order chi connectivity index (χ1) is 8.86. The van der Waals surface area contributed by atoms with Crippen LogP contribution in [0.5, 0.6) is 0 Å². The van der Waals surface area contributed by atoms with Gasteiger partial charge in [0.15, 0.2) is 4.90 Å². The fraction of sp³-hybridized carbons (Fsp3) is 0.273. The molecule has 0 amide bonds. The highest BCUT2D eigenvalue weighted by atomic mass is 32.2. The van der Waals surface area contributed by atoms with Gasteiger partial charge in [-0.15, -0.1) is 6.58 Å². The van der Waals surface area contributed by atoms with Crippen LogP contribution in [-0.4, -0.2) is 30.7 Å². The molecule has 0 radical (unpaired) electrons. The van der Waals surface area contributed by atoms with Crippen LogP contribution in [0.15, 0.2) is 35.7 Å². The molecule has 1 aromatic rings. The second-order valence-electron chi connectivity index (χ2n) is 3.59. The highest BCUT2D eigenvalue weighted by Gasteiger charge is 2.32. The van der Waals surface area contributed by atoms with Crippen LogP contribution in [0.3, 0.4) is 0 Å². The van der Waals surface area contributed by atoms with E-state index in [0.29, 0.717) is 0 Å². The molecule has 1 rings (SSSR count). The first-order valence-electron chi connectivity index (χ1n) is 5.40. The maximum absolute atomic E-state index is 13.4. The van der Waals surface area contributed by atoms with E-state index in [1.165, 1.54) is 6.08 Å². The van der Waals surface area contributed by atoms with Crippen molar-refractivity contribution in [2.45, 2.75) is 11.8 Å². The zero-order chi connectivity index (χ0) is 14.6. The zero-order valence-corrected chi connectivity index (χ0v) is 11.1. The summed E-state index contributed by atoms with van der Waals surface area (Å²) < 4.78 is 38.9. The molecule has 0 aliphatic rings. The molecule has 0 aliphatic carbocycles. The Kier molecular flexibility index (Phi) is 4.73. The normalized spacial score (nSPS) is 11.5. The van der Waals surface area contributed by atoms with Crippen LogP contribution in [0.1, 0.15) is 6.92 Å². The number of likely N-dealkylation sites (N-methyl/N-ethyl adjacent to an activating group) is 1. The highest BCUT2D eigenvalue weighted by Crippen LogP contribution is 2.28. The van der Waals surface area contributed by atoms with E-state index in [0.717, 1.165) is 22.5 Å². The number of hydrogen-bond acceptors (Lipinski definition) is 4. The second kappa shape index (κ2) is 5.89. The monoisotopic (exact) mass is 288 g/mol. The predicted molar refractivity (Wildman–Crippen MR) is 67.7 cm³/mol. The third-order valence-corrected chi connectivity index (χ3v) is 4.41. The summed E-state index contributed by atoms with van der Waals surface area (Å²) in [4.78, 5) is 9.13. The summed E-state index contributed by atoms with van der Waals surface area (Å²) in [6, 6.07) is 2.99. The molecule has 0 atom stereocenters. The van der Waals surface area contributed by atoms with Crippen molar-refractivity contribution in [3.63, 3.8) is 0 Å². The van der Waals surface area contributed by atoms with E-state index < -0.39 is 31.3 Å². The third kappa shape index (κ3) is 2.96. The fourth-order valence-corrected chi connectivity index (χ4v) is 3.15. The lowest BCUT2D eigenvalue weighted by atomic mass is 10.3. The van der Waals surface area contributed by atoms with Crippen molar-refractivity contribution in [3.05, 3.63) is 46.8 Å². The van der Waals surface area contributed by atoms with Gasteiger partial charge >= 0.3 is 5.69 Å². The van der Waals surface area contributed by atoms with Crippen molar-refractivity contribution in [1.29, 1.82) is 0 Å². The molecule has 104 valence electrons. The number of nitrogens with zero attached hydrogens (tertiary/aromatic N) is 2. The van der Waals surface area contributed by atoms with Gasteiger partial charge in [0.2, 0.25) is 15.8 Å². The van der Waals surface area contributed by atoms with Gasteiger partial charge in [0.05, 0.1) is 4.92 Å². The van der Waals surface area contributed by atoms with E-state index in [-0.39, 0.29) is 13.1 Å². The van der Waals surface area contributed by atoms with Crippen LogP contribution in [0.25, 0.3) is 0 Å². The molecule has 0 saturated heterocycles. The topological polar surface area (TPSA) is 80.5 Å². The Morgan fingerprint density at radius 3 is 2.63 bits per heavy atom. The van der Waals surface area contributed by atoms with Crippen LogP contribution >= 0.6 is 0 Å². The van der Waals surface area contributed by atoms with Crippen molar-refractivity contribution < 1.29 is 17.7 Å². The van der Waals surface area contributed by atoms with Crippen LogP contribution in [-0.2, 0) is 10.0 Å². The summed E-state index contributed by atoms with van der Waals surface area (Å²) in [5.41, 5.74) is -1.04. The summed E-state index contributed by atoms with van der Waals surface area (Å²) in [6.45, 7) is 5.08. The molecule has 0 aliphatic heterocycles. The maximum atomic E-state index is 13.4. The Morgan fingerprint density at radius 2 is 2.16 bits per heavy atom. The van der Waals surface area contributed by atoms with Crippen molar-refractivity contribution in [1.82, 2.24) is 4.31 Å². The lowest BCUT2D eigenvalue weighted by molar-refractivity contribution is -0.390. The molecule has 0 unspecified atom stereocenters. The van der Waals surface area contributed by atoms with Gasteiger partial charge in [-0.25, -0.2) is 8.42 Å². The molecule has 8 heteroatoms. The van der Waals surface area contributed by atoms with Crippen LogP contribution < -0.4 is 0 Å². The van der Waals surface area contributed by atoms with Crippen LogP contribution in [0.4, 0.5) is 10.1 Å². The van der Waals surface area contributed by atoms with Gasteiger partial charge in [-0.05, 0) is 12.1 Å². The Balaban J connectivity index is 3.48. The second-order valence-corrected chi connectivity index (χ2v) is 5.49. The number of nitro groups is 1. The molecule has 0 saturated carbocycles. The molecule has 1 aromatic carbocycles. The molecule has 0 fully saturated rings. The lowest BCUT2D eigenvalue weighted by Gasteiger charge is -2.18. The zero-order valence-electron chi connectivity index (χ0n) is 10.2. The van der Waals surface area contributed by atoms with E-state index in [1.54, 1.807) is 6.92 Å². The average molecular weight is 288 g/mol. The molecule has 0 spiro atoms. The maximum Gasteiger partial charge on any atom is 0.324 e. The number of para-hydroxylation sites is 1. The van der Waals surface area contributed by atoms with Crippen molar-refractivity contribution in [3.8, 4) is 0 Å².